The summed E-state index contributed by atoms with van der Waals surface area (Å²) in [6, 6.07) is 6.44. The maximum absolute atomic E-state index is 6.04. The number of rotatable bonds is 3. The van der Waals surface area contributed by atoms with Crippen LogP contribution in [0.2, 0.25) is 0 Å². The van der Waals surface area contributed by atoms with Gasteiger partial charge in [-0.15, -0.1) is 0 Å². The molecule has 1 aromatic carbocycles. The predicted molar refractivity (Wildman–Crippen MR) is 86.1 cm³/mol. The Bertz CT molecular complexity index is 624. The number of nitrogens with zero attached hydrogens (tertiary/aromatic N) is 1. The van der Waals surface area contributed by atoms with Crippen molar-refractivity contribution in [2.24, 2.45) is 5.92 Å². The Hall–Kier alpha value is -1.77. The molecule has 0 bridgehead atoms. The van der Waals surface area contributed by atoms with Gasteiger partial charge in [0.1, 0.15) is 0 Å². The van der Waals surface area contributed by atoms with Crippen LogP contribution in [0.25, 0.3) is 11.1 Å². The van der Waals surface area contributed by atoms with Gasteiger partial charge in [0.2, 0.25) is 5.88 Å². The van der Waals surface area contributed by atoms with Gasteiger partial charge in [0.05, 0.1) is 11.3 Å². The third-order valence-electron chi connectivity index (χ3n) is 4.79. The largest absolute Gasteiger partial charge is 0.367 e. The van der Waals surface area contributed by atoms with Gasteiger partial charge >= 0.3 is 0 Å². The van der Waals surface area contributed by atoms with Gasteiger partial charge in [-0.25, -0.2) is 0 Å². The van der Waals surface area contributed by atoms with E-state index in [0.29, 0.717) is 5.88 Å². The molecule has 0 atom stereocenters. The van der Waals surface area contributed by atoms with Gasteiger partial charge in [-0.05, 0) is 42.9 Å². The first kappa shape index (κ1) is 14.2. The molecule has 112 valence electrons. The molecule has 3 rings (SSSR count). The van der Waals surface area contributed by atoms with Crippen LogP contribution in [0.4, 0.5) is 5.88 Å². The van der Waals surface area contributed by atoms with Crippen LogP contribution in [-0.2, 0) is 6.42 Å². The summed E-state index contributed by atoms with van der Waals surface area (Å²) in [5.41, 5.74) is 11.8. The summed E-state index contributed by atoms with van der Waals surface area (Å²) >= 11 is 0. The molecule has 2 N–H and O–H groups in total. The quantitative estimate of drug-likeness (QED) is 0.891. The van der Waals surface area contributed by atoms with E-state index in [1.54, 1.807) is 0 Å². The van der Waals surface area contributed by atoms with Crippen molar-refractivity contribution in [2.75, 3.05) is 5.73 Å². The molecule has 0 spiro atoms. The van der Waals surface area contributed by atoms with E-state index in [-0.39, 0.29) is 0 Å². The zero-order valence-corrected chi connectivity index (χ0v) is 13.0. The van der Waals surface area contributed by atoms with Crippen LogP contribution < -0.4 is 5.73 Å². The molecule has 21 heavy (non-hydrogen) atoms. The van der Waals surface area contributed by atoms with Gasteiger partial charge in [0, 0.05) is 0 Å². The van der Waals surface area contributed by atoms with Crippen LogP contribution in [0.15, 0.2) is 22.7 Å². The lowest BCUT2D eigenvalue weighted by Crippen LogP contribution is -2.10. The molecule has 3 nitrogen and oxygen atoms in total. The molecule has 1 aromatic heterocycles. The lowest BCUT2D eigenvalue weighted by Gasteiger charge is -2.20. The van der Waals surface area contributed by atoms with E-state index in [9.17, 15) is 0 Å². The number of anilines is 1. The molecule has 2 aromatic rings. The number of benzene rings is 1. The molecule has 0 aliphatic heterocycles. The highest BCUT2D eigenvalue weighted by molar-refractivity contribution is 5.75. The molecule has 0 saturated heterocycles. The molecule has 1 saturated carbocycles. The fraction of sp³-hybridized carbons (Fsp3) is 0.500. The summed E-state index contributed by atoms with van der Waals surface area (Å²) in [7, 11) is 0. The normalized spacial score (nSPS) is 16.3. The summed E-state index contributed by atoms with van der Waals surface area (Å²) < 4.78 is 5.29. The second-order valence-corrected chi connectivity index (χ2v) is 6.38. The van der Waals surface area contributed by atoms with E-state index in [0.717, 1.165) is 29.2 Å². The molecule has 0 amide bonds. The molecule has 1 aliphatic carbocycles. The van der Waals surface area contributed by atoms with Crippen molar-refractivity contribution in [1.29, 1.82) is 0 Å². The fourth-order valence-electron chi connectivity index (χ4n) is 3.35. The van der Waals surface area contributed by atoms with E-state index in [1.807, 2.05) is 0 Å². The Morgan fingerprint density at radius 2 is 1.90 bits per heavy atom. The number of nitrogen functional groups attached to an aromatic ring is 1. The minimum Gasteiger partial charge on any atom is -0.367 e. The van der Waals surface area contributed by atoms with Crippen molar-refractivity contribution in [3.05, 3.63) is 35.0 Å². The standard InChI is InChI=1S/C18H24N2O/c1-12-8-9-15(10-13(12)2)17-16(20-21-18(17)19)11-14-6-4-3-5-7-14/h8-10,14H,3-7,11,19H2,1-2H3. The number of aryl methyl sites for hydroxylation is 2. The molecule has 3 heteroatoms. The number of nitrogens with two attached hydrogens (primary N) is 1. The molecular weight excluding hydrogens is 260 g/mol. The molecule has 1 aliphatic rings. The zero-order valence-electron chi connectivity index (χ0n) is 13.0. The van der Waals surface area contributed by atoms with Crippen molar-refractivity contribution in [3.63, 3.8) is 0 Å². The van der Waals surface area contributed by atoms with Gasteiger partial charge in [-0.2, -0.15) is 0 Å². The summed E-state index contributed by atoms with van der Waals surface area (Å²) in [5.74, 6) is 1.18. The molecule has 1 fully saturated rings. The number of hydrogen-bond acceptors (Lipinski definition) is 3. The highest BCUT2D eigenvalue weighted by Crippen LogP contribution is 2.35. The van der Waals surface area contributed by atoms with Crippen molar-refractivity contribution in [1.82, 2.24) is 5.16 Å². The lowest BCUT2D eigenvalue weighted by atomic mass is 9.85. The Kier molecular flexibility index (Phi) is 4.00. The zero-order chi connectivity index (χ0) is 14.8. The summed E-state index contributed by atoms with van der Waals surface area (Å²) in [5, 5.41) is 4.24. The van der Waals surface area contributed by atoms with E-state index >= 15 is 0 Å². The topological polar surface area (TPSA) is 52.0 Å². The monoisotopic (exact) mass is 284 g/mol. The first-order valence-corrected chi connectivity index (χ1v) is 7.97. The summed E-state index contributed by atoms with van der Waals surface area (Å²) in [6.45, 7) is 4.25. The van der Waals surface area contributed by atoms with Crippen LogP contribution in [0.5, 0.6) is 0 Å². The van der Waals surface area contributed by atoms with Crippen LogP contribution in [-0.4, -0.2) is 5.16 Å². The van der Waals surface area contributed by atoms with E-state index < -0.39 is 0 Å². The van der Waals surface area contributed by atoms with Gasteiger partial charge < -0.3 is 10.3 Å². The van der Waals surface area contributed by atoms with Crippen molar-refractivity contribution in [3.8, 4) is 11.1 Å². The van der Waals surface area contributed by atoms with Gasteiger partial charge in [-0.3, -0.25) is 0 Å². The maximum atomic E-state index is 6.04. The van der Waals surface area contributed by atoms with E-state index in [4.69, 9.17) is 10.3 Å². The van der Waals surface area contributed by atoms with Crippen LogP contribution >= 0.6 is 0 Å². The highest BCUT2D eigenvalue weighted by Gasteiger charge is 2.21. The third-order valence-corrected chi connectivity index (χ3v) is 4.79. The molecule has 1 heterocycles. The second kappa shape index (κ2) is 5.92. The Labute approximate surface area is 126 Å². The minimum atomic E-state index is 0.448. The third kappa shape index (κ3) is 2.97. The van der Waals surface area contributed by atoms with Crippen molar-refractivity contribution < 1.29 is 4.52 Å². The molecular formula is C18H24N2O. The number of hydrogen-bond donors (Lipinski definition) is 1. The van der Waals surface area contributed by atoms with E-state index in [1.165, 1.54) is 43.2 Å². The first-order chi connectivity index (χ1) is 10.1. The Morgan fingerprint density at radius 1 is 1.14 bits per heavy atom. The van der Waals surface area contributed by atoms with Crippen LogP contribution in [0, 0.1) is 19.8 Å². The average Bonchev–Trinajstić information content (AvgIpc) is 2.84. The fourth-order valence-corrected chi connectivity index (χ4v) is 3.35. The highest BCUT2D eigenvalue weighted by atomic mass is 16.5. The summed E-state index contributed by atoms with van der Waals surface area (Å²) in [4.78, 5) is 0. The summed E-state index contributed by atoms with van der Waals surface area (Å²) in [6.07, 6.45) is 7.66. The van der Waals surface area contributed by atoms with Crippen LogP contribution in [0.1, 0.15) is 48.9 Å². The smallest absolute Gasteiger partial charge is 0.230 e. The van der Waals surface area contributed by atoms with Gasteiger partial charge in [0.15, 0.2) is 0 Å². The Morgan fingerprint density at radius 3 is 2.62 bits per heavy atom. The van der Waals surface area contributed by atoms with Crippen LogP contribution in [0.3, 0.4) is 0 Å². The SMILES string of the molecule is Cc1ccc(-c2c(CC3CCCCC3)noc2N)cc1C. The van der Waals surface area contributed by atoms with Gasteiger partial charge in [-0.1, -0.05) is 55.5 Å². The average molecular weight is 284 g/mol. The van der Waals surface area contributed by atoms with Crippen molar-refractivity contribution >= 4 is 5.88 Å². The van der Waals surface area contributed by atoms with Crippen molar-refractivity contribution in [2.45, 2.75) is 52.4 Å². The minimum absolute atomic E-state index is 0.448. The maximum Gasteiger partial charge on any atom is 0.230 e. The van der Waals surface area contributed by atoms with E-state index in [2.05, 4.69) is 37.2 Å². The second-order valence-electron chi connectivity index (χ2n) is 6.38. The predicted octanol–water partition coefficient (Wildman–Crippen LogP) is 4.66. The molecule has 0 radical (unpaired) electrons. The van der Waals surface area contributed by atoms with Gasteiger partial charge in [0.25, 0.3) is 0 Å². The molecule has 0 unspecified atom stereocenters. The first-order valence-electron chi connectivity index (χ1n) is 7.97. The Balaban J connectivity index is 1.90. The lowest BCUT2D eigenvalue weighted by molar-refractivity contribution is 0.345. The number of aromatic nitrogens is 1.